The van der Waals surface area contributed by atoms with Gasteiger partial charge in [-0.3, -0.25) is 9.59 Å². The van der Waals surface area contributed by atoms with E-state index in [4.69, 9.17) is 28.4 Å². The van der Waals surface area contributed by atoms with E-state index in [1.165, 1.54) is 122 Å². The number of aliphatic hydroxyl groups is 11. The first-order valence-electron chi connectivity index (χ1n) is 32.7. The molecule has 2 amide bonds. The molecule has 5 unspecified atom stereocenters. The van der Waals surface area contributed by atoms with Crippen LogP contribution in [0.25, 0.3) is 0 Å². The zero-order valence-corrected chi connectivity index (χ0v) is 51.9. The molecule has 502 valence electrons. The maximum absolute atomic E-state index is 13.4. The number of amides is 2. The molecule has 0 aliphatic carbocycles. The van der Waals surface area contributed by atoms with Gasteiger partial charge in [0.2, 0.25) is 11.8 Å². The lowest BCUT2D eigenvalue weighted by Crippen LogP contribution is -2.70. The Bertz CT molecular complexity index is 1850. The van der Waals surface area contributed by atoms with Gasteiger partial charge in [0.05, 0.1) is 50.7 Å². The third-order valence-electron chi connectivity index (χ3n) is 16.6. The van der Waals surface area contributed by atoms with Crippen LogP contribution in [0.15, 0.2) is 24.3 Å². The number of ether oxygens (including phenoxy) is 6. The van der Waals surface area contributed by atoms with Crippen molar-refractivity contribution in [3.8, 4) is 0 Å². The number of carbonyl (C=O) groups is 3. The lowest BCUT2D eigenvalue weighted by molar-refractivity contribution is -0.386. The van der Waals surface area contributed by atoms with Gasteiger partial charge in [0.25, 0.3) is 5.79 Å². The van der Waals surface area contributed by atoms with Crippen molar-refractivity contribution in [2.24, 2.45) is 0 Å². The highest BCUT2D eigenvalue weighted by molar-refractivity contribution is 5.77. The van der Waals surface area contributed by atoms with Gasteiger partial charge in [0, 0.05) is 19.8 Å². The monoisotopic (exact) mass is 1230 g/mol. The molecule has 14 N–H and O–H groups in total. The van der Waals surface area contributed by atoms with Crippen LogP contribution in [0.2, 0.25) is 0 Å². The molecule has 0 bridgehead atoms. The molecule has 86 heavy (non-hydrogen) atoms. The van der Waals surface area contributed by atoms with Crippen LogP contribution < -0.4 is 10.6 Å². The number of carboxylic acid groups (broad SMARTS) is 1. The normalized spacial score (nSPS) is 29.5. The molecule has 23 nitrogen and oxygen atoms in total. The van der Waals surface area contributed by atoms with Gasteiger partial charge >= 0.3 is 5.97 Å². The maximum Gasteiger partial charge on any atom is 0.364 e. The number of carbonyl (C=O) groups excluding carboxylic acids is 2. The fourth-order valence-corrected chi connectivity index (χ4v) is 11.3. The van der Waals surface area contributed by atoms with Crippen molar-refractivity contribution in [1.29, 1.82) is 0 Å². The Kier molecular flexibility index (Phi) is 40.2. The average molecular weight is 1240 g/mol. The molecule has 0 aromatic rings. The van der Waals surface area contributed by atoms with E-state index in [0.29, 0.717) is 12.8 Å². The summed E-state index contributed by atoms with van der Waals surface area (Å²) >= 11 is 0. The Morgan fingerprint density at radius 2 is 1.09 bits per heavy atom. The van der Waals surface area contributed by atoms with E-state index in [1.807, 2.05) is 6.08 Å². The van der Waals surface area contributed by atoms with Crippen LogP contribution in [0.3, 0.4) is 0 Å². The van der Waals surface area contributed by atoms with Gasteiger partial charge in [-0.1, -0.05) is 179 Å². The van der Waals surface area contributed by atoms with Crippen LogP contribution in [-0.4, -0.2) is 215 Å². The molecule has 3 heterocycles. The smallest absolute Gasteiger partial charge is 0.364 e. The molecular weight excluding hydrogens is 1120 g/mol. The summed E-state index contributed by atoms with van der Waals surface area (Å²) in [7, 11) is 0. The van der Waals surface area contributed by atoms with E-state index in [9.17, 15) is 75.7 Å². The van der Waals surface area contributed by atoms with Crippen LogP contribution in [0.1, 0.15) is 220 Å². The fourth-order valence-electron chi connectivity index (χ4n) is 11.3. The Hall–Kier alpha value is -2.79. The van der Waals surface area contributed by atoms with Crippen LogP contribution in [-0.2, 0) is 42.8 Å². The molecule has 0 radical (unpaired) electrons. The number of nitrogens with one attached hydrogen (secondary N) is 2. The standard InChI is InChI=1S/C63H114N2O21/c1-4-6-8-10-12-14-16-18-19-20-21-22-23-25-27-29-31-33-35-37-50(73)65-44(45(70)36-34-32-30-28-26-24-17-15-13-11-9-7-5-2)42-81-60-55(77)54(76)57(49(41-68)83-60)84-61-56(78)59(53(75)48(40-67)82-61)86-63(62(79)80)38-46(71)51(64-43(3)69)58(85-63)52(74)47(72)39-66/h18-19,34,36,44-49,51-61,66-68,70-72,74-78H,4-17,20-33,35,37-42H2,1-3H3,(H,64,69)(H,65,73)(H,79,80)/b19-18-,36-34+/t44?,45?,46-,47?,48+,49+,51+,52?,53-,54+,55+,56+,57+,58?,59-,60+,61-,63-/m0/s1. The molecule has 3 rings (SSSR count). The van der Waals surface area contributed by atoms with Crippen molar-refractivity contribution in [3.63, 3.8) is 0 Å². The minimum atomic E-state index is -3.08. The SMILES string of the molecule is CCCCCCCC/C=C\CCCCCCCCCCCC(=O)NC(CO[C@@H]1O[C@H](CO)[C@@H](O[C@@H]2O[C@H](CO)[C@H](O)[C@H](O[C@]3(C(=O)O)C[C@H](O)[C@@H](NC(C)=O)C(C(O)C(O)CO)O3)[C@H]2O)[C@H](O)[C@H]1O)C(O)/C=C/CCCCCCCCCCCCC. The van der Waals surface area contributed by atoms with Gasteiger partial charge in [-0.15, -0.1) is 0 Å². The summed E-state index contributed by atoms with van der Waals surface area (Å²) in [6.45, 7) is 2.10. The lowest BCUT2D eigenvalue weighted by atomic mass is 9.88. The molecular formula is C63H114N2O21. The quantitative estimate of drug-likeness (QED) is 0.0294. The Morgan fingerprint density at radius 3 is 1.58 bits per heavy atom. The van der Waals surface area contributed by atoms with Crippen LogP contribution in [0, 0.1) is 0 Å². The Labute approximate surface area is 511 Å². The first kappa shape index (κ1) is 77.5. The van der Waals surface area contributed by atoms with Gasteiger partial charge < -0.3 is 100 Å². The predicted octanol–water partition coefficient (Wildman–Crippen LogP) is 4.50. The molecule has 3 aliphatic heterocycles. The second kappa shape index (κ2) is 44.6. The zero-order chi connectivity index (χ0) is 63.3. The van der Waals surface area contributed by atoms with Crippen molar-refractivity contribution in [3.05, 3.63) is 24.3 Å². The average Bonchev–Trinajstić information content (AvgIpc) is 2.74. The van der Waals surface area contributed by atoms with Crippen LogP contribution in [0.5, 0.6) is 0 Å². The fraction of sp³-hybridized carbons (Fsp3) is 0.889. The summed E-state index contributed by atoms with van der Waals surface area (Å²) in [4.78, 5) is 38.4. The van der Waals surface area contributed by atoms with Gasteiger partial charge in [0.15, 0.2) is 12.6 Å². The maximum atomic E-state index is 13.4. The molecule has 0 spiro atoms. The molecule has 3 saturated heterocycles. The highest BCUT2D eigenvalue weighted by Crippen LogP contribution is 2.38. The number of aliphatic hydroxyl groups excluding tert-OH is 11. The summed E-state index contributed by atoms with van der Waals surface area (Å²) in [5.74, 6) is -6.15. The summed E-state index contributed by atoms with van der Waals surface area (Å²) in [6.07, 6.45) is 12.3. The first-order chi connectivity index (χ1) is 41.4. The number of rotatable bonds is 48. The van der Waals surface area contributed by atoms with Crippen molar-refractivity contribution in [2.75, 3.05) is 26.4 Å². The second-order valence-electron chi connectivity index (χ2n) is 24.0. The van der Waals surface area contributed by atoms with E-state index in [0.717, 1.165) is 58.3 Å². The minimum absolute atomic E-state index is 0.198. The highest BCUT2D eigenvalue weighted by Gasteiger charge is 2.60. The predicted molar refractivity (Wildman–Crippen MR) is 320 cm³/mol. The van der Waals surface area contributed by atoms with Crippen LogP contribution >= 0.6 is 0 Å². The minimum Gasteiger partial charge on any atom is -0.477 e. The van der Waals surface area contributed by atoms with E-state index >= 15 is 0 Å². The molecule has 18 atom stereocenters. The molecule has 0 aromatic heterocycles. The Balaban J connectivity index is 1.63. The lowest BCUT2D eigenvalue weighted by Gasteiger charge is -2.50. The molecule has 0 saturated carbocycles. The third kappa shape index (κ3) is 27.8. The number of allylic oxidation sites excluding steroid dienone is 3. The van der Waals surface area contributed by atoms with E-state index in [-0.39, 0.29) is 12.3 Å². The number of aliphatic carboxylic acids is 1. The topological polar surface area (TPSA) is 373 Å². The highest BCUT2D eigenvalue weighted by atomic mass is 16.8. The molecule has 3 aliphatic rings. The zero-order valence-electron chi connectivity index (χ0n) is 51.9. The summed E-state index contributed by atoms with van der Waals surface area (Å²) < 4.78 is 34.7. The van der Waals surface area contributed by atoms with Crippen molar-refractivity contribution >= 4 is 17.8 Å². The van der Waals surface area contributed by atoms with E-state index in [1.54, 1.807) is 6.08 Å². The number of unbranched alkanes of at least 4 members (excludes halogenated alkanes) is 26. The van der Waals surface area contributed by atoms with Gasteiger partial charge in [0.1, 0.15) is 67.1 Å². The van der Waals surface area contributed by atoms with Crippen molar-refractivity contribution in [1.82, 2.24) is 10.6 Å². The van der Waals surface area contributed by atoms with Gasteiger partial charge in [-0.25, -0.2) is 4.79 Å². The van der Waals surface area contributed by atoms with E-state index < -0.39 is 155 Å². The van der Waals surface area contributed by atoms with Crippen molar-refractivity contribution in [2.45, 2.75) is 330 Å². The Morgan fingerprint density at radius 1 is 0.605 bits per heavy atom. The van der Waals surface area contributed by atoms with Gasteiger partial charge in [-0.2, -0.15) is 0 Å². The molecule has 23 heteroatoms. The van der Waals surface area contributed by atoms with Crippen LogP contribution in [0.4, 0.5) is 0 Å². The number of hydrogen-bond donors (Lipinski definition) is 14. The third-order valence-corrected chi connectivity index (χ3v) is 16.6. The van der Waals surface area contributed by atoms with Gasteiger partial charge in [-0.05, 0) is 44.9 Å². The first-order valence-corrected chi connectivity index (χ1v) is 32.7. The number of hydrogen-bond acceptors (Lipinski definition) is 20. The summed E-state index contributed by atoms with van der Waals surface area (Å²) in [6, 6.07) is -2.62. The largest absolute Gasteiger partial charge is 0.477 e. The molecule has 0 aromatic carbocycles. The number of carboxylic acids is 1. The second-order valence-corrected chi connectivity index (χ2v) is 24.0. The van der Waals surface area contributed by atoms with Crippen molar-refractivity contribution < 1.29 is 104 Å². The summed E-state index contributed by atoms with van der Waals surface area (Å²) in [5.41, 5.74) is 0. The molecule has 3 fully saturated rings. The summed E-state index contributed by atoms with van der Waals surface area (Å²) in [5, 5.41) is 136. The van der Waals surface area contributed by atoms with E-state index in [2.05, 4.69) is 36.6 Å².